The molecule has 1 aliphatic rings. The van der Waals surface area contributed by atoms with E-state index in [-0.39, 0.29) is 18.2 Å². The van der Waals surface area contributed by atoms with Crippen molar-refractivity contribution in [3.8, 4) is 0 Å². The third-order valence-corrected chi connectivity index (χ3v) is 3.99. The van der Waals surface area contributed by atoms with Crippen LogP contribution in [-0.2, 0) is 22.6 Å². The van der Waals surface area contributed by atoms with Gasteiger partial charge in [0.2, 0.25) is 5.91 Å². The van der Waals surface area contributed by atoms with Gasteiger partial charge in [-0.05, 0) is 37.1 Å². The highest BCUT2D eigenvalue weighted by Crippen LogP contribution is 2.19. The van der Waals surface area contributed by atoms with E-state index in [2.05, 4.69) is 10.2 Å². The second-order valence-corrected chi connectivity index (χ2v) is 5.55. The fourth-order valence-corrected chi connectivity index (χ4v) is 2.75. The van der Waals surface area contributed by atoms with E-state index in [0.29, 0.717) is 0 Å². The van der Waals surface area contributed by atoms with Crippen LogP contribution in [0.2, 0.25) is 0 Å². The molecule has 0 saturated carbocycles. The third-order valence-electron chi connectivity index (χ3n) is 3.99. The molecule has 1 fully saturated rings. The molecule has 2 rings (SSSR count). The van der Waals surface area contributed by atoms with Crippen LogP contribution in [0.25, 0.3) is 0 Å². The highest BCUT2D eigenvalue weighted by atomic mass is 16.4. The number of aliphatic carboxylic acids is 1. The average Bonchev–Trinajstić information content (AvgIpc) is 2.49. The van der Waals surface area contributed by atoms with Crippen LogP contribution in [0.4, 0.5) is 0 Å². The molecule has 0 aromatic heterocycles. The molecule has 114 valence electrons. The van der Waals surface area contributed by atoms with Crippen molar-refractivity contribution >= 4 is 11.9 Å². The number of hydrogen-bond acceptors (Lipinski definition) is 3. The minimum Gasteiger partial charge on any atom is -0.481 e. The Morgan fingerprint density at radius 3 is 2.29 bits per heavy atom. The molecule has 0 atom stereocenters. The molecule has 1 amide bonds. The number of hydrogen-bond donors (Lipinski definition) is 2. The van der Waals surface area contributed by atoms with Crippen LogP contribution in [0.3, 0.4) is 0 Å². The molecule has 1 saturated heterocycles. The topological polar surface area (TPSA) is 69.6 Å². The van der Waals surface area contributed by atoms with E-state index in [1.807, 2.05) is 24.3 Å². The van der Waals surface area contributed by atoms with E-state index < -0.39 is 5.97 Å². The normalized spacial score (nSPS) is 16.6. The summed E-state index contributed by atoms with van der Waals surface area (Å²) >= 11 is 0. The van der Waals surface area contributed by atoms with E-state index in [1.54, 1.807) is 7.05 Å². The number of nitrogens with zero attached hydrogens (tertiary/aromatic N) is 1. The number of carboxylic acids is 1. The second-order valence-electron chi connectivity index (χ2n) is 5.55. The second kappa shape index (κ2) is 7.22. The third kappa shape index (κ3) is 4.56. The summed E-state index contributed by atoms with van der Waals surface area (Å²) in [5.74, 6) is -0.518. The summed E-state index contributed by atoms with van der Waals surface area (Å²) in [6.07, 6.45) is 1.87. The molecular weight excluding hydrogens is 268 g/mol. The van der Waals surface area contributed by atoms with Crippen LogP contribution in [0.15, 0.2) is 24.3 Å². The molecule has 0 radical (unpaired) electrons. The van der Waals surface area contributed by atoms with Crippen molar-refractivity contribution in [3.63, 3.8) is 0 Å². The summed E-state index contributed by atoms with van der Waals surface area (Å²) in [6.45, 7) is 2.71. The first kappa shape index (κ1) is 15.5. The fourth-order valence-electron chi connectivity index (χ4n) is 2.75. The van der Waals surface area contributed by atoms with Gasteiger partial charge in [0, 0.05) is 19.5 Å². The zero-order chi connectivity index (χ0) is 15.2. The molecule has 21 heavy (non-hydrogen) atoms. The molecule has 5 nitrogen and oxygen atoms in total. The SMILES string of the molecule is CNC(=O)C1CCN(Cc2ccc(CC(=O)O)cc2)CC1. The molecule has 1 aromatic rings. The van der Waals surface area contributed by atoms with Crippen LogP contribution in [-0.4, -0.2) is 42.0 Å². The van der Waals surface area contributed by atoms with Gasteiger partial charge in [-0.1, -0.05) is 24.3 Å². The molecule has 0 unspecified atom stereocenters. The Labute approximate surface area is 125 Å². The van der Waals surface area contributed by atoms with Crippen molar-refractivity contribution in [2.45, 2.75) is 25.8 Å². The number of carboxylic acid groups (broad SMARTS) is 1. The first-order chi connectivity index (χ1) is 10.1. The lowest BCUT2D eigenvalue weighted by molar-refractivity contribution is -0.136. The molecule has 0 aliphatic carbocycles. The van der Waals surface area contributed by atoms with Crippen molar-refractivity contribution < 1.29 is 14.7 Å². The Morgan fingerprint density at radius 1 is 1.19 bits per heavy atom. The maximum absolute atomic E-state index is 11.6. The van der Waals surface area contributed by atoms with Crippen molar-refractivity contribution in [1.82, 2.24) is 10.2 Å². The summed E-state index contributed by atoms with van der Waals surface area (Å²) in [6, 6.07) is 7.73. The molecule has 0 spiro atoms. The minimum absolute atomic E-state index is 0.0673. The standard InChI is InChI=1S/C16H22N2O3/c1-17-16(21)14-6-8-18(9-7-14)11-13-4-2-12(3-5-13)10-15(19)20/h2-5,14H,6-11H2,1H3,(H,17,21)(H,19,20). The summed E-state index contributed by atoms with van der Waals surface area (Å²) in [5, 5.41) is 11.5. The monoisotopic (exact) mass is 290 g/mol. The molecule has 1 aliphatic heterocycles. The van der Waals surface area contributed by atoms with E-state index in [0.717, 1.165) is 38.0 Å². The Bertz CT molecular complexity index is 491. The lowest BCUT2D eigenvalue weighted by Crippen LogP contribution is -2.39. The van der Waals surface area contributed by atoms with Crippen LogP contribution < -0.4 is 5.32 Å². The van der Waals surface area contributed by atoms with Gasteiger partial charge in [0.15, 0.2) is 0 Å². The molecule has 1 aromatic carbocycles. The Kier molecular flexibility index (Phi) is 5.33. The van der Waals surface area contributed by atoms with Crippen LogP contribution in [0, 0.1) is 5.92 Å². The maximum atomic E-state index is 11.6. The van der Waals surface area contributed by atoms with E-state index in [4.69, 9.17) is 5.11 Å². The Balaban J connectivity index is 1.83. The van der Waals surface area contributed by atoms with E-state index in [9.17, 15) is 9.59 Å². The predicted molar refractivity (Wildman–Crippen MR) is 79.8 cm³/mol. The predicted octanol–water partition coefficient (Wildman–Crippen LogP) is 1.27. The van der Waals surface area contributed by atoms with Gasteiger partial charge in [0.1, 0.15) is 0 Å². The number of carbonyl (C=O) groups is 2. The number of nitrogens with one attached hydrogen (secondary N) is 1. The van der Waals surface area contributed by atoms with Crippen molar-refractivity contribution in [1.29, 1.82) is 0 Å². The fraction of sp³-hybridized carbons (Fsp3) is 0.500. The number of amides is 1. The molecule has 2 N–H and O–H groups in total. The van der Waals surface area contributed by atoms with Gasteiger partial charge in [-0.3, -0.25) is 14.5 Å². The summed E-state index contributed by atoms with van der Waals surface area (Å²) in [5.41, 5.74) is 2.01. The van der Waals surface area contributed by atoms with Crippen molar-refractivity contribution in [3.05, 3.63) is 35.4 Å². The molecule has 5 heteroatoms. The van der Waals surface area contributed by atoms with Gasteiger partial charge < -0.3 is 10.4 Å². The maximum Gasteiger partial charge on any atom is 0.307 e. The van der Waals surface area contributed by atoms with E-state index in [1.165, 1.54) is 5.56 Å². The quantitative estimate of drug-likeness (QED) is 0.857. The van der Waals surface area contributed by atoms with Gasteiger partial charge in [-0.25, -0.2) is 0 Å². The summed E-state index contributed by atoms with van der Waals surface area (Å²) in [4.78, 5) is 24.6. The van der Waals surface area contributed by atoms with Gasteiger partial charge in [0.05, 0.1) is 6.42 Å². The summed E-state index contributed by atoms with van der Waals surface area (Å²) in [7, 11) is 1.69. The number of benzene rings is 1. The van der Waals surface area contributed by atoms with Gasteiger partial charge >= 0.3 is 5.97 Å². The number of likely N-dealkylation sites (tertiary alicyclic amines) is 1. The lowest BCUT2D eigenvalue weighted by Gasteiger charge is -2.31. The molecular formula is C16H22N2O3. The largest absolute Gasteiger partial charge is 0.481 e. The smallest absolute Gasteiger partial charge is 0.307 e. The first-order valence-corrected chi connectivity index (χ1v) is 7.32. The summed E-state index contributed by atoms with van der Waals surface area (Å²) < 4.78 is 0. The first-order valence-electron chi connectivity index (χ1n) is 7.32. The van der Waals surface area contributed by atoms with Gasteiger partial charge in [-0.2, -0.15) is 0 Å². The van der Waals surface area contributed by atoms with Gasteiger partial charge in [0.25, 0.3) is 0 Å². The zero-order valence-electron chi connectivity index (χ0n) is 12.3. The lowest BCUT2D eigenvalue weighted by atomic mass is 9.95. The Hall–Kier alpha value is -1.88. The zero-order valence-corrected chi connectivity index (χ0v) is 12.3. The highest BCUT2D eigenvalue weighted by molar-refractivity contribution is 5.78. The Morgan fingerprint density at radius 2 is 1.76 bits per heavy atom. The molecule has 0 bridgehead atoms. The van der Waals surface area contributed by atoms with Crippen LogP contribution in [0.1, 0.15) is 24.0 Å². The minimum atomic E-state index is -0.806. The number of rotatable bonds is 5. The van der Waals surface area contributed by atoms with Crippen LogP contribution in [0.5, 0.6) is 0 Å². The van der Waals surface area contributed by atoms with Crippen molar-refractivity contribution in [2.75, 3.05) is 20.1 Å². The van der Waals surface area contributed by atoms with Gasteiger partial charge in [-0.15, -0.1) is 0 Å². The number of carbonyl (C=O) groups excluding carboxylic acids is 1. The number of piperidine rings is 1. The average molecular weight is 290 g/mol. The van der Waals surface area contributed by atoms with Crippen LogP contribution >= 0.6 is 0 Å². The van der Waals surface area contributed by atoms with E-state index >= 15 is 0 Å². The molecule has 1 heterocycles. The van der Waals surface area contributed by atoms with Crippen molar-refractivity contribution in [2.24, 2.45) is 5.92 Å². The highest BCUT2D eigenvalue weighted by Gasteiger charge is 2.23.